The second-order valence-electron chi connectivity index (χ2n) is 9.32. The minimum atomic E-state index is -2.34. The molecule has 182 valence electrons. The maximum absolute atomic E-state index is 13.7. The van der Waals surface area contributed by atoms with Crippen LogP contribution in [0.1, 0.15) is 37.7 Å². The molecule has 1 unspecified atom stereocenters. The number of aromatic amines is 1. The van der Waals surface area contributed by atoms with Gasteiger partial charge in [0.15, 0.2) is 11.5 Å². The van der Waals surface area contributed by atoms with Crippen molar-refractivity contribution in [1.29, 1.82) is 0 Å². The monoisotopic (exact) mass is 483 g/mol. The molecule has 2 aliphatic rings. The molecule has 9 heteroatoms. The number of H-pyrrole nitrogens is 1. The SMILES string of the molecule is CN=S(=O)(Cc1ccc2c(c1)OCCCO2)CC1CCC(N(C)c2ncnc3[nH]ccc23)CC1. The summed E-state index contributed by atoms with van der Waals surface area (Å²) >= 11 is 0. The number of fused-ring (bicyclic) bond motifs is 2. The van der Waals surface area contributed by atoms with Crippen LogP contribution in [-0.2, 0) is 15.5 Å². The standard InChI is InChI=1S/C25H33N5O3S/c1-26-34(31,16-19-6-9-22-23(14-19)33-13-3-12-32-22)15-18-4-7-20(8-5-18)30(2)25-21-10-11-27-24(21)28-17-29-25/h6,9-11,14,17-18,20H,3-5,7-8,12-13,15-16H2,1-2H3,(H,27,28,29). The maximum Gasteiger partial charge on any atom is 0.161 e. The van der Waals surface area contributed by atoms with Gasteiger partial charge in [-0.2, -0.15) is 0 Å². The third-order valence-electron chi connectivity index (χ3n) is 7.06. The van der Waals surface area contributed by atoms with Gasteiger partial charge in [-0.25, -0.2) is 18.5 Å². The van der Waals surface area contributed by atoms with Crippen LogP contribution in [0.25, 0.3) is 11.0 Å². The van der Waals surface area contributed by atoms with Crippen LogP contribution >= 0.6 is 0 Å². The second kappa shape index (κ2) is 9.82. The average molecular weight is 484 g/mol. The smallest absolute Gasteiger partial charge is 0.161 e. The number of nitrogens with zero attached hydrogens (tertiary/aromatic N) is 4. The lowest BCUT2D eigenvalue weighted by atomic mass is 9.86. The Bertz CT molecular complexity index is 1260. The van der Waals surface area contributed by atoms with Crippen molar-refractivity contribution in [2.24, 2.45) is 10.3 Å². The van der Waals surface area contributed by atoms with E-state index in [1.165, 1.54) is 0 Å². The average Bonchev–Trinajstić information content (AvgIpc) is 3.22. The Kier molecular flexibility index (Phi) is 6.63. The molecule has 1 atom stereocenters. The Hall–Kier alpha value is -2.81. The lowest BCUT2D eigenvalue weighted by Gasteiger charge is -2.35. The topological polar surface area (TPSA) is 92.7 Å². The van der Waals surface area contributed by atoms with E-state index < -0.39 is 9.73 Å². The number of rotatable bonds is 6. The highest BCUT2D eigenvalue weighted by atomic mass is 32.2. The highest BCUT2D eigenvalue weighted by Gasteiger charge is 2.28. The van der Waals surface area contributed by atoms with Gasteiger partial charge in [0.1, 0.15) is 17.8 Å². The summed E-state index contributed by atoms with van der Waals surface area (Å²) < 4.78 is 29.7. The number of hydrogen-bond acceptors (Lipinski definition) is 7. The van der Waals surface area contributed by atoms with Gasteiger partial charge in [-0.3, -0.25) is 0 Å². The predicted octanol–water partition coefficient (Wildman–Crippen LogP) is 4.41. The Morgan fingerprint density at radius 3 is 2.71 bits per heavy atom. The molecule has 0 spiro atoms. The molecule has 1 aromatic carbocycles. The van der Waals surface area contributed by atoms with E-state index in [0.29, 0.717) is 36.7 Å². The minimum absolute atomic E-state index is 0.416. The summed E-state index contributed by atoms with van der Waals surface area (Å²) in [5.41, 5.74) is 1.86. The molecule has 0 amide bonds. The summed E-state index contributed by atoms with van der Waals surface area (Å²) in [5.74, 6) is 3.99. The third kappa shape index (κ3) is 4.85. The van der Waals surface area contributed by atoms with Gasteiger partial charge in [0.05, 0.1) is 34.1 Å². The Morgan fingerprint density at radius 1 is 1.12 bits per heavy atom. The second-order valence-corrected chi connectivity index (χ2v) is 11.9. The molecule has 1 fully saturated rings. The molecule has 0 radical (unpaired) electrons. The number of ether oxygens (including phenoxy) is 2. The van der Waals surface area contributed by atoms with Crippen LogP contribution in [0.15, 0.2) is 41.2 Å². The van der Waals surface area contributed by atoms with Gasteiger partial charge in [0.25, 0.3) is 0 Å². The zero-order valence-corrected chi connectivity index (χ0v) is 20.7. The summed E-state index contributed by atoms with van der Waals surface area (Å²) in [4.78, 5) is 14.3. The van der Waals surface area contributed by atoms with Crippen molar-refractivity contribution in [3.8, 4) is 11.5 Å². The van der Waals surface area contributed by atoms with E-state index in [-0.39, 0.29) is 0 Å². The number of benzene rings is 1. The highest BCUT2D eigenvalue weighted by molar-refractivity contribution is 7.92. The Labute approximate surface area is 201 Å². The van der Waals surface area contributed by atoms with E-state index in [2.05, 4.69) is 31.3 Å². The number of nitrogens with one attached hydrogen (secondary N) is 1. The van der Waals surface area contributed by atoms with Crippen LogP contribution in [0.4, 0.5) is 5.82 Å². The first kappa shape index (κ1) is 23.0. The fourth-order valence-electron chi connectivity index (χ4n) is 5.14. The van der Waals surface area contributed by atoms with Crippen molar-refractivity contribution >= 4 is 26.6 Å². The predicted molar refractivity (Wildman–Crippen MR) is 135 cm³/mol. The summed E-state index contributed by atoms with van der Waals surface area (Å²) in [6.45, 7) is 1.31. The van der Waals surface area contributed by atoms with Crippen LogP contribution in [0.2, 0.25) is 0 Å². The molecule has 8 nitrogen and oxygen atoms in total. The van der Waals surface area contributed by atoms with E-state index in [0.717, 1.165) is 66.0 Å². The van der Waals surface area contributed by atoms with Gasteiger partial charge in [-0.15, -0.1) is 0 Å². The van der Waals surface area contributed by atoms with Crippen LogP contribution < -0.4 is 14.4 Å². The molecule has 2 aromatic heterocycles. The maximum atomic E-state index is 13.7. The van der Waals surface area contributed by atoms with Gasteiger partial charge in [0.2, 0.25) is 0 Å². The van der Waals surface area contributed by atoms with Crippen LogP contribution in [0.5, 0.6) is 11.5 Å². The molecule has 3 aromatic rings. The fourth-order valence-corrected chi connectivity index (χ4v) is 7.30. The summed E-state index contributed by atoms with van der Waals surface area (Å²) in [7, 11) is 1.48. The molecule has 0 saturated heterocycles. The van der Waals surface area contributed by atoms with Gasteiger partial charge in [0, 0.05) is 38.5 Å². The number of anilines is 1. The molecule has 0 bridgehead atoms. The van der Waals surface area contributed by atoms with Crippen LogP contribution in [0, 0.1) is 5.92 Å². The first-order valence-electron chi connectivity index (χ1n) is 12.0. The first-order valence-corrected chi connectivity index (χ1v) is 13.9. The number of hydrogen-bond donors (Lipinski definition) is 1. The van der Waals surface area contributed by atoms with Crippen molar-refractivity contribution in [1.82, 2.24) is 15.0 Å². The molecule has 3 heterocycles. The zero-order chi connectivity index (χ0) is 23.5. The quantitative estimate of drug-likeness (QED) is 0.558. The van der Waals surface area contributed by atoms with E-state index in [4.69, 9.17) is 9.47 Å². The summed E-state index contributed by atoms with van der Waals surface area (Å²) in [6.07, 6.45) is 8.60. The molecular weight excluding hydrogens is 450 g/mol. The molecule has 34 heavy (non-hydrogen) atoms. The lowest BCUT2D eigenvalue weighted by Crippen LogP contribution is -2.37. The third-order valence-corrected chi connectivity index (χ3v) is 9.51. The van der Waals surface area contributed by atoms with E-state index in [9.17, 15) is 4.21 Å². The molecule has 5 rings (SSSR count). The molecule has 1 saturated carbocycles. The van der Waals surface area contributed by atoms with Gasteiger partial charge < -0.3 is 19.4 Å². The van der Waals surface area contributed by atoms with Crippen molar-refractivity contribution < 1.29 is 13.7 Å². The summed E-state index contributed by atoms with van der Waals surface area (Å²) in [6, 6.07) is 8.35. The molecule has 1 N–H and O–H groups in total. The van der Waals surface area contributed by atoms with Gasteiger partial charge in [-0.1, -0.05) is 6.07 Å². The van der Waals surface area contributed by atoms with E-state index in [1.807, 2.05) is 30.5 Å². The van der Waals surface area contributed by atoms with Crippen molar-refractivity contribution in [3.05, 3.63) is 42.4 Å². The first-order chi connectivity index (χ1) is 16.5. The van der Waals surface area contributed by atoms with Crippen molar-refractivity contribution in [3.63, 3.8) is 0 Å². The summed E-state index contributed by atoms with van der Waals surface area (Å²) in [5, 5.41) is 1.05. The fraction of sp³-hybridized carbons (Fsp3) is 0.520. The number of aromatic nitrogens is 3. The Balaban J connectivity index is 1.21. The van der Waals surface area contributed by atoms with Crippen LogP contribution in [-0.4, -0.2) is 58.3 Å². The molecular formula is C25H33N5O3S. The van der Waals surface area contributed by atoms with E-state index in [1.54, 1.807) is 13.4 Å². The van der Waals surface area contributed by atoms with Crippen LogP contribution in [0.3, 0.4) is 0 Å². The minimum Gasteiger partial charge on any atom is -0.490 e. The molecule has 1 aliphatic heterocycles. The van der Waals surface area contributed by atoms with Gasteiger partial charge >= 0.3 is 0 Å². The lowest BCUT2D eigenvalue weighted by molar-refractivity contribution is 0.297. The highest BCUT2D eigenvalue weighted by Crippen LogP contribution is 2.34. The van der Waals surface area contributed by atoms with Crippen molar-refractivity contribution in [2.75, 3.05) is 38.0 Å². The van der Waals surface area contributed by atoms with E-state index >= 15 is 0 Å². The largest absolute Gasteiger partial charge is 0.490 e. The molecule has 1 aliphatic carbocycles. The normalized spacial score (nSPS) is 22.1. The Morgan fingerprint density at radius 2 is 1.91 bits per heavy atom. The van der Waals surface area contributed by atoms with Crippen molar-refractivity contribution in [2.45, 2.75) is 43.9 Å². The van der Waals surface area contributed by atoms with Gasteiger partial charge in [-0.05, 0) is 55.4 Å². The zero-order valence-electron chi connectivity index (χ0n) is 19.9.